The number of carbonyl (C=O) groups is 2. The molecule has 114 valence electrons. The van der Waals surface area contributed by atoms with Gasteiger partial charge in [0.25, 0.3) is 0 Å². The molecule has 0 aromatic carbocycles. The minimum atomic E-state index is -0.601. The van der Waals surface area contributed by atoms with E-state index in [-0.39, 0.29) is 23.9 Å². The number of amides is 2. The molecule has 1 spiro atoms. The molecule has 1 saturated carbocycles. The first-order valence-corrected chi connectivity index (χ1v) is 7.70. The summed E-state index contributed by atoms with van der Waals surface area (Å²) in [6, 6.07) is -0.320. The van der Waals surface area contributed by atoms with E-state index in [0.29, 0.717) is 13.0 Å². The topological polar surface area (TPSA) is 58.6 Å². The zero-order valence-electron chi connectivity index (χ0n) is 12.8. The first-order valence-electron chi connectivity index (χ1n) is 7.70. The Bertz CT molecular complexity index is 377. The Morgan fingerprint density at radius 2 is 2.05 bits per heavy atom. The van der Waals surface area contributed by atoms with Crippen LogP contribution < -0.4 is 5.32 Å². The molecule has 1 saturated heterocycles. The number of hydrogen-bond acceptors (Lipinski definition) is 3. The lowest BCUT2D eigenvalue weighted by Gasteiger charge is -2.49. The molecule has 0 bridgehead atoms. The summed E-state index contributed by atoms with van der Waals surface area (Å²) in [5.41, 5.74) is -0.601. The second kappa shape index (κ2) is 6.12. The molecule has 1 heterocycles. The third-order valence-electron chi connectivity index (χ3n) is 4.74. The van der Waals surface area contributed by atoms with Crippen molar-refractivity contribution >= 4 is 11.8 Å². The van der Waals surface area contributed by atoms with Crippen LogP contribution in [0.5, 0.6) is 0 Å². The summed E-state index contributed by atoms with van der Waals surface area (Å²) >= 11 is 0. The van der Waals surface area contributed by atoms with Crippen molar-refractivity contribution in [1.82, 2.24) is 10.2 Å². The van der Waals surface area contributed by atoms with Crippen molar-refractivity contribution in [2.45, 2.75) is 70.0 Å². The van der Waals surface area contributed by atoms with Crippen molar-refractivity contribution in [3.63, 3.8) is 0 Å². The highest BCUT2D eigenvalue weighted by molar-refractivity contribution is 6.00. The van der Waals surface area contributed by atoms with E-state index in [1.807, 2.05) is 18.7 Å². The minimum absolute atomic E-state index is 0.0423. The molecule has 2 amide bonds. The van der Waals surface area contributed by atoms with E-state index < -0.39 is 5.54 Å². The van der Waals surface area contributed by atoms with E-state index in [9.17, 15) is 9.59 Å². The van der Waals surface area contributed by atoms with Gasteiger partial charge in [0.05, 0.1) is 0 Å². The van der Waals surface area contributed by atoms with Crippen molar-refractivity contribution in [3.8, 4) is 0 Å². The van der Waals surface area contributed by atoms with Crippen molar-refractivity contribution in [2.75, 3.05) is 13.7 Å². The normalized spacial score (nSPS) is 26.9. The number of piperazine rings is 1. The SMILES string of the molecule is CCC1NC(=O)C2(CCCC2)N(C(C)CCOC)C1=O. The molecule has 0 aromatic heterocycles. The third-order valence-corrected chi connectivity index (χ3v) is 4.74. The van der Waals surface area contributed by atoms with Crippen LogP contribution in [0.1, 0.15) is 52.4 Å². The number of rotatable bonds is 5. The molecule has 2 rings (SSSR count). The van der Waals surface area contributed by atoms with Gasteiger partial charge in [0.15, 0.2) is 0 Å². The summed E-state index contributed by atoms with van der Waals surface area (Å²) in [6.07, 6.45) is 5.04. The lowest BCUT2D eigenvalue weighted by molar-refractivity contribution is -0.161. The zero-order chi connectivity index (χ0) is 14.8. The van der Waals surface area contributed by atoms with Gasteiger partial charge in [-0.1, -0.05) is 19.8 Å². The number of nitrogens with one attached hydrogen (secondary N) is 1. The van der Waals surface area contributed by atoms with Gasteiger partial charge in [-0.15, -0.1) is 0 Å². The van der Waals surface area contributed by atoms with Crippen LogP contribution in [-0.2, 0) is 14.3 Å². The van der Waals surface area contributed by atoms with Gasteiger partial charge < -0.3 is 15.0 Å². The predicted octanol–water partition coefficient (Wildman–Crippen LogP) is 1.46. The number of ether oxygens (including phenoxy) is 1. The molecular formula is C15H26N2O3. The van der Waals surface area contributed by atoms with Crippen molar-refractivity contribution in [2.24, 2.45) is 0 Å². The summed E-state index contributed by atoms with van der Waals surface area (Å²) in [4.78, 5) is 27.2. The Labute approximate surface area is 121 Å². The largest absolute Gasteiger partial charge is 0.385 e. The highest BCUT2D eigenvalue weighted by Gasteiger charge is 2.54. The smallest absolute Gasteiger partial charge is 0.246 e. The minimum Gasteiger partial charge on any atom is -0.385 e. The van der Waals surface area contributed by atoms with E-state index in [0.717, 1.165) is 32.1 Å². The maximum Gasteiger partial charge on any atom is 0.246 e. The van der Waals surface area contributed by atoms with E-state index in [1.165, 1.54) is 0 Å². The van der Waals surface area contributed by atoms with Gasteiger partial charge in [0.1, 0.15) is 11.6 Å². The Kier molecular flexibility index (Phi) is 4.68. The fraction of sp³-hybridized carbons (Fsp3) is 0.867. The molecule has 1 N–H and O–H groups in total. The van der Waals surface area contributed by atoms with E-state index >= 15 is 0 Å². The lowest BCUT2D eigenvalue weighted by Crippen LogP contribution is -2.71. The summed E-state index contributed by atoms with van der Waals surface area (Å²) in [6.45, 7) is 4.58. The molecule has 5 heteroatoms. The van der Waals surface area contributed by atoms with Crippen LogP contribution in [0.3, 0.4) is 0 Å². The fourth-order valence-corrected chi connectivity index (χ4v) is 3.60. The standard InChI is InChI=1S/C15H26N2O3/c1-4-12-13(18)17(11(2)7-10-20-3)15(14(19)16-12)8-5-6-9-15/h11-12H,4-10H2,1-3H3,(H,16,19). The van der Waals surface area contributed by atoms with Crippen LogP contribution in [0.25, 0.3) is 0 Å². The highest BCUT2D eigenvalue weighted by atomic mass is 16.5. The zero-order valence-corrected chi connectivity index (χ0v) is 12.8. The number of hydrogen-bond donors (Lipinski definition) is 1. The Morgan fingerprint density at radius 1 is 1.40 bits per heavy atom. The fourth-order valence-electron chi connectivity index (χ4n) is 3.60. The Morgan fingerprint density at radius 3 is 2.60 bits per heavy atom. The van der Waals surface area contributed by atoms with Crippen LogP contribution in [0.4, 0.5) is 0 Å². The molecule has 20 heavy (non-hydrogen) atoms. The first-order chi connectivity index (χ1) is 9.56. The van der Waals surface area contributed by atoms with Gasteiger partial charge in [-0.3, -0.25) is 9.59 Å². The third kappa shape index (κ3) is 2.43. The maximum absolute atomic E-state index is 12.7. The number of methoxy groups -OCH3 is 1. The highest BCUT2D eigenvalue weighted by Crippen LogP contribution is 2.40. The molecule has 2 unspecified atom stereocenters. The van der Waals surface area contributed by atoms with Gasteiger partial charge in [0.2, 0.25) is 11.8 Å². The first kappa shape index (κ1) is 15.3. The average Bonchev–Trinajstić information content (AvgIpc) is 2.91. The monoisotopic (exact) mass is 282 g/mol. The molecule has 2 fully saturated rings. The van der Waals surface area contributed by atoms with Crippen molar-refractivity contribution < 1.29 is 14.3 Å². The van der Waals surface area contributed by atoms with Crippen LogP contribution in [0.15, 0.2) is 0 Å². The summed E-state index contributed by atoms with van der Waals surface area (Å²) < 4.78 is 5.13. The molecule has 2 atom stereocenters. The van der Waals surface area contributed by atoms with Crippen LogP contribution in [0, 0.1) is 0 Å². The van der Waals surface area contributed by atoms with Gasteiger partial charge in [0, 0.05) is 19.8 Å². The molecule has 0 aromatic rings. The quantitative estimate of drug-likeness (QED) is 0.830. The van der Waals surface area contributed by atoms with Crippen molar-refractivity contribution in [3.05, 3.63) is 0 Å². The molecule has 0 radical (unpaired) electrons. The molecule has 1 aliphatic carbocycles. The molecule has 5 nitrogen and oxygen atoms in total. The lowest BCUT2D eigenvalue weighted by atomic mass is 9.87. The van der Waals surface area contributed by atoms with Crippen molar-refractivity contribution in [1.29, 1.82) is 0 Å². The average molecular weight is 282 g/mol. The van der Waals surface area contributed by atoms with Crippen LogP contribution in [0.2, 0.25) is 0 Å². The molecule has 2 aliphatic rings. The summed E-state index contributed by atoms with van der Waals surface area (Å²) in [5, 5.41) is 2.93. The van der Waals surface area contributed by atoms with E-state index in [1.54, 1.807) is 7.11 Å². The predicted molar refractivity (Wildman–Crippen MR) is 76.2 cm³/mol. The van der Waals surface area contributed by atoms with Gasteiger partial charge >= 0.3 is 0 Å². The van der Waals surface area contributed by atoms with Gasteiger partial charge in [-0.25, -0.2) is 0 Å². The van der Waals surface area contributed by atoms with Crippen LogP contribution in [-0.4, -0.2) is 48.1 Å². The van der Waals surface area contributed by atoms with Gasteiger partial charge in [-0.05, 0) is 32.6 Å². The molecular weight excluding hydrogens is 256 g/mol. The maximum atomic E-state index is 12.7. The second-order valence-electron chi connectivity index (χ2n) is 6.01. The van der Waals surface area contributed by atoms with E-state index in [4.69, 9.17) is 4.74 Å². The molecule has 1 aliphatic heterocycles. The second-order valence-corrected chi connectivity index (χ2v) is 6.01. The Balaban J connectivity index is 2.28. The summed E-state index contributed by atoms with van der Waals surface area (Å²) in [7, 11) is 1.66. The Hall–Kier alpha value is -1.10. The van der Waals surface area contributed by atoms with Crippen LogP contribution >= 0.6 is 0 Å². The number of nitrogens with zero attached hydrogens (tertiary/aromatic N) is 1. The summed E-state index contributed by atoms with van der Waals surface area (Å²) in [5.74, 6) is 0.128. The number of carbonyl (C=O) groups excluding carboxylic acids is 2. The van der Waals surface area contributed by atoms with Gasteiger partial charge in [-0.2, -0.15) is 0 Å². The van der Waals surface area contributed by atoms with E-state index in [2.05, 4.69) is 5.32 Å².